The van der Waals surface area contributed by atoms with Gasteiger partial charge in [0.1, 0.15) is 5.60 Å². The quantitative estimate of drug-likeness (QED) is 0.812. The van der Waals surface area contributed by atoms with Crippen LogP contribution < -0.4 is 0 Å². The van der Waals surface area contributed by atoms with Gasteiger partial charge >= 0.3 is 0 Å². The van der Waals surface area contributed by atoms with E-state index in [0.29, 0.717) is 18.5 Å². The van der Waals surface area contributed by atoms with E-state index in [9.17, 15) is 5.11 Å². The molecule has 0 aliphatic heterocycles. The first-order valence-corrected chi connectivity index (χ1v) is 8.59. The number of rotatable bonds is 5. The second-order valence-electron chi connectivity index (χ2n) is 7.87. The Bertz CT molecular complexity index is 522. The van der Waals surface area contributed by atoms with Crippen LogP contribution in [0.3, 0.4) is 0 Å². The summed E-state index contributed by atoms with van der Waals surface area (Å²) in [4.78, 5) is 2.35. The normalized spacial score (nSPS) is 14.7. The Morgan fingerprint density at radius 3 is 1.91 bits per heavy atom. The molecule has 0 heterocycles. The molecule has 1 atom stereocenters. The fraction of sp³-hybridized carbons (Fsp3) is 0.619. The Hall–Kier alpha value is -1.30. The molecule has 1 aromatic carbocycles. The molecule has 0 saturated heterocycles. The molecule has 0 aliphatic carbocycles. The lowest BCUT2D eigenvalue weighted by Gasteiger charge is -2.39. The fourth-order valence-electron chi connectivity index (χ4n) is 2.81. The first-order valence-electron chi connectivity index (χ1n) is 8.59. The van der Waals surface area contributed by atoms with Crippen molar-refractivity contribution in [3.8, 4) is 11.8 Å². The van der Waals surface area contributed by atoms with Crippen LogP contribution >= 0.6 is 0 Å². The summed E-state index contributed by atoms with van der Waals surface area (Å²) in [6.45, 7) is 15.7. The monoisotopic (exact) mass is 315 g/mol. The van der Waals surface area contributed by atoms with Crippen LogP contribution in [-0.4, -0.2) is 28.6 Å². The minimum atomic E-state index is -0.943. The summed E-state index contributed by atoms with van der Waals surface area (Å²) in [6.07, 6.45) is 0.449. The van der Waals surface area contributed by atoms with Crippen LogP contribution in [-0.2, 0) is 5.60 Å². The molecule has 0 bridgehead atoms. The molecule has 0 radical (unpaired) electrons. The van der Waals surface area contributed by atoms with E-state index in [0.717, 1.165) is 12.1 Å². The van der Waals surface area contributed by atoms with E-state index in [1.807, 2.05) is 30.3 Å². The maximum Gasteiger partial charge on any atom is 0.105 e. The second kappa shape index (κ2) is 7.99. The predicted octanol–water partition coefficient (Wildman–Crippen LogP) is 4.43. The van der Waals surface area contributed by atoms with Crippen molar-refractivity contribution in [3.63, 3.8) is 0 Å². The Morgan fingerprint density at radius 2 is 1.48 bits per heavy atom. The average Bonchev–Trinajstić information content (AvgIpc) is 2.45. The molecule has 1 N–H and O–H groups in total. The van der Waals surface area contributed by atoms with Gasteiger partial charge in [-0.1, -0.05) is 62.9 Å². The van der Waals surface area contributed by atoms with Crippen molar-refractivity contribution in [2.45, 2.75) is 72.6 Å². The summed E-state index contributed by atoms with van der Waals surface area (Å²) in [5, 5.41) is 11.3. The van der Waals surface area contributed by atoms with Crippen molar-refractivity contribution in [1.82, 2.24) is 4.90 Å². The molecule has 0 aromatic heterocycles. The van der Waals surface area contributed by atoms with Gasteiger partial charge in [0.05, 0.1) is 6.54 Å². The number of aliphatic hydroxyl groups is 1. The highest BCUT2D eigenvalue weighted by atomic mass is 16.3. The van der Waals surface area contributed by atoms with Gasteiger partial charge in [0.2, 0.25) is 0 Å². The van der Waals surface area contributed by atoms with Gasteiger partial charge in [0, 0.05) is 18.5 Å². The van der Waals surface area contributed by atoms with E-state index in [1.54, 1.807) is 0 Å². The van der Waals surface area contributed by atoms with Gasteiger partial charge in [0.15, 0.2) is 0 Å². The van der Waals surface area contributed by atoms with E-state index >= 15 is 0 Å². The summed E-state index contributed by atoms with van der Waals surface area (Å²) in [5.41, 5.74) is -0.285. The molecule has 2 nitrogen and oxygen atoms in total. The highest BCUT2D eigenvalue weighted by Crippen LogP contribution is 2.41. The van der Waals surface area contributed by atoms with Crippen LogP contribution in [0, 0.1) is 17.3 Å². The minimum Gasteiger partial charge on any atom is -0.384 e. The Balaban J connectivity index is 2.92. The van der Waals surface area contributed by atoms with E-state index < -0.39 is 5.60 Å². The maximum atomic E-state index is 11.3. The lowest BCUT2D eigenvalue weighted by atomic mass is 9.70. The molecule has 1 unspecified atom stereocenters. The third-order valence-electron chi connectivity index (χ3n) is 4.55. The summed E-state index contributed by atoms with van der Waals surface area (Å²) >= 11 is 0. The van der Waals surface area contributed by atoms with Crippen molar-refractivity contribution in [2.24, 2.45) is 5.41 Å². The van der Waals surface area contributed by atoms with Crippen LogP contribution in [0.5, 0.6) is 0 Å². The van der Waals surface area contributed by atoms with Crippen LogP contribution in [0.1, 0.15) is 60.5 Å². The maximum absolute atomic E-state index is 11.3. The lowest BCUT2D eigenvalue weighted by molar-refractivity contribution is -0.0599. The first kappa shape index (κ1) is 19.7. The summed E-state index contributed by atoms with van der Waals surface area (Å²) < 4.78 is 0. The van der Waals surface area contributed by atoms with Gasteiger partial charge in [-0.25, -0.2) is 0 Å². The number of hydrogen-bond acceptors (Lipinski definition) is 2. The summed E-state index contributed by atoms with van der Waals surface area (Å²) in [6, 6.07) is 10.8. The van der Waals surface area contributed by atoms with Crippen LogP contribution in [0.4, 0.5) is 0 Å². The molecule has 0 saturated carbocycles. The molecule has 23 heavy (non-hydrogen) atoms. The van der Waals surface area contributed by atoms with Crippen molar-refractivity contribution < 1.29 is 5.11 Å². The lowest BCUT2D eigenvalue weighted by Crippen LogP contribution is -2.40. The molecule has 0 fully saturated rings. The predicted molar refractivity (Wildman–Crippen MR) is 99.2 cm³/mol. The molecule has 0 spiro atoms. The zero-order valence-electron chi connectivity index (χ0n) is 15.9. The Kier molecular flexibility index (Phi) is 6.86. The SMILES string of the molecule is CC(C)N(CC#CCC(O)(c1ccccc1)C(C)(C)C)C(C)C. The van der Waals surface area contributed by atoms with Crippen LogP contribution in [0.15, 0.2) is 30.3 Å². The Morgan fingerprint density at radius 1 is 0.957 bits per heavy atom. The van der Waals surface area contributed by atoms with E-state index in [-0.39, 0.29) is 5.41 Å². The van der Waals surface area contributed by atoms with E-state index in [1.165, 1.54) is 0 Å². The van der Waals surface area contributed by atoms with Gasteiger partial charge in [-0.2, -0.15) is 0 Å². The van der Waals surface area contributed by atoms with E-state index in [4.69, 9.17) is 0 Å². The van der Waals surface area contributed by atoms with Crippen molar-refractivity contribution in [2.75, 3.05) is 6.54 Å². The first-order chi connectivity index (χ1) is 10.6. The fourth-order valence-corrected chi connectivity index (χ4v) is 2.81. The zero-order valence-corrected chi connectivity index (χ0v) is 15.9. The highest BCUT2D eigenvalue weighted by molar-refractivity contribution is 5.27. The molecule has 0 amide bonds. The van der Waals surface area contributed by atoms with Gasteiger partial charge < -0.3 is 5.11 Å². The summed E-state index contributed by atoms with van der Waals surface area (Å²) in [5.74, 6) is 6.49. The molecule has 0 aliphatic rings. The van der Waals surface area contributed by atoms with Crippen molar-refractivity contribution in [1.29, 1.82) is 0 Å². The molecule has 1 aromatic rings. The molecule has 128 valence electrons. The highest BCUT2D eigenvalue weighted by Gasteiger charge is 2.40. The standard InChI is InChI=1S/C21H33NO/c1-17(2)22(18(3)4)16-12-11-15-21(23,20(5,6)7)19-13-9-8-10-14-19/h8-10,13-14,17-18,23H,15-16H2,1-7H3. The van der Waals surface area contributed by atoms with E-state index in [2.05, 4.69) is 65.2 Å². The van der Waals surface area contributed by atoms with Crippen molar-refractivity contribution in [3.05, 3.63) is 35.9 Å². The molecular weight excluding hydrogens is 282 g/mol. The zero-order chi connectivity index (χ0) is 17.7. The van der Waals surface area contributed by atoms with Gasteiger partial charge in [-0.3, -0.25) is 4.90 Å². The summed E-state index contributed by atoms with van der Waals surface area (Å²) in [7, 11) is 0. The largest absolute Gasteiger partial charge is 0.384 e. The third-order valence-corrected chi connectivity index (χ3v) is 4.55. The molecular formula is C21H33NO. The van der Waals surface area contributed by atoms with Crippen LogP contribution in [0.25, 0.3) is 0 Å². The second-order valence-corrected chi connectivity index (χ2v) is 7.87. The van der Waals surface area contributed by atoms with Crippen molar-refractivity contribution >= 4 is 0 Å². The smallest absolute Gasteiger partial charge is 0.105 e. The number of hydrogen-bond donors (Lipinski definition) is 1. The molecule has 2 heteroatoms. The number of benzene rings is 1. The topological polar surface area (TPSA) is 23.5 Å². The minimum absolute atomic E-state index is 0.279. The van der Waals surface area contributed by atoms with Gasteiger partial charge in [0.25, 0.3) is 0 Å². The van der Waals surface area contributed by atoms with Crippen LogP contribution in [0.2, 0.25) is 0 Å². The Labute approximate surface area is 142 Å². The third kappa shape index (κ3) is 5.09. The van der Waals surface area contributed by atoms with Gasteiger partial charge in [-0.05, 0) is 38.7 Å². The number of nitrogens with zero attached hydrogens (tertiary/aromatic N) is 1. The van der Waals surface area contributed by atoms with Gasteiger partial charge in [-0.15, -0.1) is 0 Å². The molecule has 1 rings (SSSR count). The average molecular weight is 316 g/mol.